The largest absolute Gasteiger partial charge is 0.340 e. The summed E-state index contributed by atoms with van der Waals surface area (Å²) in [6, 6.07) is 10.8. The number of nitrogens with zero attached hydrogens (tertiary/aromatic N) is 4. The predicted octanol–water partition coefficient (Wildman–Crippen LogP) is 1.59. The highest BCUT2D eigenvalue weighted by Crippen LogP contribution is 2.21. The van der Waals surface area contributed by atoms with Crippen molar-refractivity contribution in [3.8, 4) is 0 Å². The lowest BCUT2D eigenvalue weighted by Gasteiger charge is -2.17. The van der Waals surface area contributed by atoms with Gasteiger partial charge >= 0.3 is 0 Å². The number of nitrogens with one attached hydrogen (secondary N) is 2. The normalized spacial score (nSPS) is 10.4. The zero-order valence-corrected chi connectivity index (χ0v) is 12.5. The van der Waals surface area contributed by atoms with Crippen LogP contribution in [0, 0.1) is 0 Å². The number of anilines is 1. The average molecular weight is 322 g/mol. The van der Waals surface area contributed by atoms with E-state index in [0.717, 1.165) is 11.4 Å². The van der Waals surface area contributed by atoms with Gasteiger partial charge in [0.1, 0.15) is 6.04 Å². The Hall–Kier alpha value is -3.39. The van der Waals surface area contributed by atoms with Crippen molar-refractivity contribution < 1.29 is 10.0 Å². The third-order valence-corrected chi connectivity index (χ3v) is 3.26. The molecule has 0 radical (unpaired) electrons. The van der Waals surface area contributed by atoms with Crippen molar-refractivity contribution in [3.63, 3.8) is 0 Å². The summed E-state index contributed by atoms with van der Waals surface area (Å²) < 4.78 is 0. The van der Waals surface area contributed by atoms with Gasteiger partial charge in [-0.15, -0.1) is 0 Å². The Morgan fingerprint density at radius 2 is 1.50 bits per heavy atom. The van der Waals surface area contributed by atoms with Crippen molar-refractivity contribution >= 4 is 11.9 Å². The maximum Gasteiger partial charge on any atom is 0.277 e. The Kier molecular flexibility index (Phi) is 4.68. The van der Waals surface area contributed by atoms with Gasteiger partial charge < -0.3 is 5.32 Å². The Labute approximate surface area is 137 Å². The van der Waals surface area contributed by atoms with Gasteiger partial charge in [-0.25, -0.2) is 15.4 Å². The lowest BCUT2D eigenvalue weighted by atomic mass is 10.1. The van der Waals surface area contributed by atoms with E-state index >= 15 is 0 Å². The van der Waals surface area contributed by atoms with Crippen molar-refractivity contribution in [2.75, 3.05) is 5.32 Å². The molecule has 3 rings (SSSR count). The quantitative estimate of drug-likeness (QED) is 0.483. The van der Waals surface area contributed by atoms with Gasteiger partial charge in [-0.1, -0.05) is 12.1 Å². The molecule has 120 valence electrons. The van der Waals surface area contributed by atoms with Crippen molar-refractivity contribution in [1.82, 2.24) is 25.4 Å². The molecule has 0 aliphatic rings. The highest BCUT2D eigenvalue weighted by atomic mass is 16.5. The highest BCUT2D eigenvalue weighted by molar-refractivity contribution is 5.92. The number of carbonyl (C=O) groups is 1. The van der Waals surface area contributed by atoms with Crippen LogP contribution in [0.3, 0.4) is 0 Å². The summed E-state index contributed by atoms with van der Waals surface area (Å²) >= 11 is 0. The topological polar surface area (TPSA) is 113 Å². The minimum absolute atomic E-state index is 0.148. The molecule has 3 aromatic rings. The zero-order chi connectivity index (χ0) is 16.8. The Morgan fingerprint density at radius 3 is 1.96 bits per heavy atom. The van der Waals surface area contributed by atoms with Crippen LogP contribution in [0.25, 0.3) is 0 Å². The molecule has 0 unspecified atom stereocenters. The van der Waals surface area contributed by atoms with E-state index in [2.05, 4.69) is 25.3 Å². The first-order chi connectivity index (χ1) is 11.8. The lowest BCUT2D eigenvalue weighted by Crippen LogP contribution is -2.20. The number of hydroxylamine groups is 1. The van der Waals surface area contributed by atoms with Gasteiger partial charge in [0.2, 0.25) is 5.95 Å². The van der Waals surface area contributed by atoms with Crippen molar-refractivity contribution in [2.24, 2.45) is 0 Å². The van der Waals surface area contributed by atoms with Crippen LogP contribution in [-0.2, 0) is 0 Å². The minimum Gasteiger partial charge on any atom is -0.340 e. The molecule has 8 heteroatoms. The van der Waals surface area contributed by atoms with Gasteiger partial charge in [-0.3, -0.25) is 20.0 Å². The lowest BCUT2D eigenvalue weighted by molar-refractivity contribution is 0.0705. The van der Waals surface area contributed by atoms with Gasteiger partial charge in [-0.2, -0.15) is 0 Å². The van der Waals surface area contributed by atoms with Crippen LogP contribution in [0.4, 0.5) is 5.95 Å². The summed E-state index contributed by atoms with van der Waals surface area (Å²) in [6.45, 7) is 0. The molecule has 0 fully saturated rings. The SMILES string of the molecule is O=C(NO)c1cnc(NC(c2ccccn2)c2ccccn2)nc1. The van der Waals surface area contributed by atoms with Crippen molar-refractivity contribution in [2.45, 2.75) is 6.04 Å². The molecule has 8 nitrogen and oxygen atoms in total. The summed E-state index contributed by atoms with van der Waals surface area (Å²) in [5, 5.41) is 11.8. The molecule has 0 saturated carbocycles. The van der Waals surface area contributed by atoms with Crippen LogP contribution < -0.4 is 10.8 Å². The standard InChI is InChI=1S/C16H14N6O2/c23-15(22-24)11-9-19-16(20-10-11)21-14(12-5-1-3-7-17-12)13-6-2-4-8-18-13/h1-10,14,24H,(H,22,23)(H,19,20,21). The predicted molar refractivity (Wildman–Crippen MR) is 85.2 cm³/mol. The fourth-order valence-electron chi connectivity index (χ4n) is 2.11. The monoisotopic (exact) mass is 322 g/mol. The smallest absolute Gasteiger partial charge is 0.277 e. The van der Waals surface area contributed by atoms with Gasteiger partial charge in [0.25, 0.3) is 5.91 Å². The Balaban J connectivity index is 1.89. The molecule has 0 aliphatic heterocycles. The second kappa shape index (κ2) is 7.25. The Bertz CT molecular complexity index is 756. The second-order valence-electron chi connectivity index (χ2n) is 4.82. The molecule has 1 amide bonds. The molecular formula is C16H14N6O2. The van der Waals surface area contributed by atoms with Gasteiger partial charge in [0.05, 0.1) is 17.0 Å². The molecule has 0 spiro atoms. The van der Waals surface area contributed by atoms with E-state index in [1.807, 2.05) is 36.4 Å². The fourth-order valence-corrected chi connectivity index (χ4v) is 2.11. The molecular weight excluding hydrogens is 308 g/mol. The molecule has 0 atom stereocenters. The number of hydrogen-bond donors (Lipinski definition) is 3. The summed E-state index contributed by atoms with van der Waals surface area (Å²) in [6.07, 6.45) is 6.02. The van der Waals surface area contributed by atoms with E-state index in [0.29, 0.717) is 5.95 Å². The number of pyridine rings is 2. The van der Waals surface area contributed by atoms with Gasteiger partial charge in [0.15, 0.2) is 0 Å². The van der Waals surface area contributed by atoms with Crippen LogP contribution in [-0.4, -0.2) is 31.1 Å². The van der Waals surface area contributed by atoms with E-state index in [-0.39, 0.29) is 11.6 Å². The second-order valence-corrected chi connectivity index (χ2v) is 4.82. The van der Waals surface area contributed by atoms with Gasteiger partial charge in [0, 0.05) is 24.8 Å². The number of aromatic nitrogens is 4. The van der Waals surface area contributed by atoms with Crippen LogP contribution in [0.15, 0.2) is 61.2 Å². The molecule has 0 aromatic carbocycles. The number of hydrogen-bond acceptors (Lipinski definition) is 7. The summed E-state index contributed by atoms with van der Waals surface area (Å²) in [5.41, 5.74) is 3.20. The number of rotatable bonds is 5. The van der Waals surface area contributed by atoms with E-state index in [4.69, 9.17) is 5.21 Å². The number of carbonyl (C=O) groups excluding carboxylic acids is 1. The first-order valence-corrected chi connectivity index (χ1v) is 7.13. The summed E-state index contributed by atoms with van der Waals surface area (Å²) in [4.78, 5) is 28.2. The minimum atomic E-state index is -0.674. The number of amides is 1. The average Bonchev–Trinajstić information content (AvgIpc) is 2.67. The maximum absolute atomic E-state index is 11.3. The van der Waals surface area contributed by atoms with Crippen LogP contribution in [0.2, 0.25) is 0 Å². The van der Waals surface area contributed by atoms with Crippen molar-refractivity contribution in [1.29, 1.82) is 0 Å². The summed E-state index contributed by atoms with van der Waals surface area (Å²) in [5.74, 6) is -0.363. The molecule has 3 N–H and O–H groups in total. The highest BCUT2D eigenvalue weighted by Gasteiger charge is 2.17. The first kappa shape index (κ1) is 15.5. The van der Waals surface area contributed by atoms with Crippen molar-refractivity contribution in [3.05, 3.63) is 78.1 Å². The third kappa shape index (κ3) is 3.50. The summed E-state index contributed by atoms with van der Waals surface area (Å²) in [7, 11) is 0. The zero-order valence-electron chi connectivity index (χ0n) is 12.5. The van der Waals surface area contributed by atoms with Crippen LogP contribution >= 0.6 is 0 Å². The van der Waals surface area contributed by atoms with E-state index < -0.39 is 5.91 Å². The van der Waals surface area contributed by atoms with Gasteiger partial charge in [-0.05, 0) is 24.3 Å². The molecule has 0 saturated heterocycles. The van der Waals surface area contributed by atoms with Crippen LogP contribution in [0.1, 0.15) is 27.8 Å². The van der Waals surface area contributed by atoms with E-state index in [1.165, 1.54) is 17.9 Å². The third-order valence-electron chi connectivity index (χ3n) is 3.26. The molecule has 3 aromatic heterocycles. The van der Waals surface area contributed by atoms with E-state index in [1.54, 1.807) is 12.4 Å². The molecule has 0 aliphatic carbocycles. The fraction of sp³-hybridized carbons (Fsp3) is 0.0625. The van der Waals surface area contributed by atoms with Crippen LogP contribution in [0.5, 0.6) is 0 Å². The Morgan fingerprint density at radius 1 is 0.917 bits per heavy atom. The molecule has 3 heterocycles. The maximum atomic E-state index is 11.3. The van der Waals surface area contributed by atoms with E-state index in [9.17, 15) is 4.79 Å². The molecule has 0 bridgehead atoms. The first-order valence-electron chi connectivity index (χ1n) is 7.13. The molecule has 24 heavy (non-hydrogen) atoms.